The molecule has 0 spiro atoms. The minimum absolute atomic E-state index is 0.0597. The number of Topliss-reactive ketones (excluding diaryl/α,β-unsaturated/α-hetero) is 1. The van der Waals surface area contributed by atoms with Crippen molar-refractivity contribution in [3.63, 3.8) is 0 Å². The Morgan fingerprint density at radius 3 is 2.68 bits per heavy atom. The molecule has 0 heterocycles. The van der Waals surface area contributed by atoms with E-state index in [9.17, 15) is 4.79 Å². The second-order valence-corrected chi connectivity index (χ2v) is 5.39. The molecule has 1 aromatic carbocycles. The monoisotopic (exact) mass is 255 g/mol. The molecule has 0 aliphatic heterocycles. The van der Waals surface area contributed by atoms with E-state index in [-0.39, 0.29) is 5.78 Å². The molecule has 0 radical (unpaired) electrons. The molecule has 0 saturated heterocycles. The Bertz CT molecular complexity index is 513. The van der Waals surface area contributed by atoms with E-state index in [0.717, 1.165) is 23.1 Å². The summed E-state index contributed by atoms with van der Waals surface area (Å²) >= 11 is 0. The van der Waals surface area contributed by atoms with Crippen molar-refractivity contribution in [2.24, 2.45) is 11.7 Å². The molecule has 2 atom stereocenters. The molecule has 1 aliphatic carbocycles. The van der Waals surface area contributed by atoms with Gasteiger partial charge in [0.15, 0.2) is 5.78 Å². The van der Waals surface area contributed by atoms with Crippen molar-refractivity contribution < 1.29 is 4.79 Å². The fourth-order valence-corrected chi connectivity index (χ4v) is 2.52. The van der Waals surface area contributed by atoms with Gasteiger partial charge in [0.25, 0.3) is 0 Å². The maximum absolute atomic E-state index is 12.4. The van der Waals surface area contributed by atoms with E-state index in [4.69, 9.17) is 5.73 Å². The second kappa shape index (κ2) is 5.98. The molecular weight excluding hydrogens is 234 g/mol. The molecule has 1 unspecified atom stereocenters. The Labute approximate surface area is 115 Å². The lowest BCUT2D eigenvalue weighted by atomic mass is 9.87. The van der Waals surface area contributed by atoms with Gasteiger partial charge in [-0.25, -0.2) is 0 Å². The molecule has 0 bridgehead atoms. The summed E-state index contributed by atoms with van der Waals surface area (Å²) in [5.74, 6) is 0.575. The number of rotatable bonds is 4. The number of ketones is 1. The predicted octanol–water partition coefficient (Wildman–Crippen LogP) is 3.04. The average molecular weight is 255 g/mol. The fourth-order valence-electron chi connectivity index (χ4n) is 2.52. The van der Waals surface area contributed by atoms with E-state index < -0.39 is 6.04 Å². The molecule has 0 fully saturated rings. The number of nitrogens with two attached hydrogens (primary N) is 1. The summed E-state index contributed by atoms with van der Waals surface area (Å²) in [4.78, 5) is 12.4. The predicted molar refractivity (Wildman–Crippen MR) is 78.7 cm³/mol. The highest BCUT2D eigenvalue weighted by molar-refractivity contribution is 6.02. The van der Waals surface area contributed by atoms with Crippen LogP contribution in [0.5, 0.6) is 0 Å². The zero-order chi connectivity index (χ0) is 13.8. The standard InChI is InChI=1S/C17H21NO/c1-12-8-9-15(13(2)10-12)17(19)16(18)11-14-6-4-3-5-7-14/h3-9,12,16H,10-11,18H2,1-2H3/t12?,16-/m0/s1. The van der Waals surface area contributed by atoms with Gasteiger partial charge in [-0.15, -0.1) is 0 Å². The third-order valence-electron chi connectivity index (χ3n) is 3.58. The van der Waals surface area contributed by atoms with Crippen LogP contribution in [-0.2, 0) is 11.2 Å². The first-order valence-electron chi connectivity index (χ1n) is 6.79. The summed E-state index contributed by atoms with van der Waals surface area (Å²) in [6.45, 7) is 4.19. The zero-order valence-electron chi connectivity index (χ0n) is 11.6. The normalized spacial score (nSPS) is 20.5. The highest BCUT2D eigenvalue weighted by Gasteiger charge is 2.21. The van der Waals surface area contributed by atoms with E-state index >= 15 is 0 Å². The van der Waals surface area contributed by atoms with Crippen molar-refractivity contribution in [1.29, 1.82) is 0 Å². The molecular formula is C17H21NO. The van der Waals surface area contributed by atoms with Crippen molar-refractivity contribution in [1.82, 2.24) is 0 Å². The SMILES string of the molecule is CC1=C(C(=O)[C@@H](N)Cc2ccccc2)C=CC(C)C1. The molecule has 19 heavy (non-hydrogen) atoms. The smallest absolute Gasteiger partial charge is 0.179 e. The highest BCUT2D eigenvalue weighted by atomic mass is 16.1. The fraction of sp³-hybridized carbons (Fsp3) is 0.353. The molecule has 2 N–H and O–H groups in total. The summed E-state index contributed by atoms with van der Waals surface area (Å²) in [5, 5.41) is 0. The number of carbonyl (C=O) groups is 1. The number of hydrogen-bond donors (Lipinski definition) is 1. The summed E-state index contributed by atoms with van der Waals surface area (Å²) < 4.78 is 0. The van der Waals surface area contributed by atoms with Crippen LogP contribution in [0.2, 0.25) is 0 Å². The third kappa shape index (κ3) is 3.42. The molecule has 0 amide bonds. The minimum Gasteiger partial charge on any atom is -0.321 e. The summed E-state index contributed by atoms with van der Waals surface area (Å²) in [6.07, 6.45) is 5.58. The van der Waals surface area contributed by atoms with Crippen molar-refractivity contribution in [3.8, 4) is 0 Å². The lowest BCUT2D eigenvalue weighted by molar-refractivity contribution is -0.116. The molecule has 0 aromatic heterocycles. The van der Waals surface area contributed by atoms with Crippen LogP contribution in [-0.4, -0.2) is 11.8 Å². The van der Waals surface area contributed by atoms with Gasteiger partial charge >= 0.3 is 0 Å². The van der Waals surface area contributed by atoms with Crippen molar-refractivity contribution in [2.45, 2.75) is 32.7 Å². The van der Waals surface area contributed by atoms with Crippen LogP contribution >= 0.6 is 0 Å². The van der Waals surface area contributed by atoms with Gasteiger partial charge in [-0.1, -0.05) is 55.0 Å². The molecule has 0 saturated carbocycles. The van der Waals surface area contributed by atoms with Crippen LogP contribution in [0, 0.1) is 5.92 Å². The molecule has 2 nitrogen and oxygen atoms in total. The lowest BCUT2D eigenvalue weighted by Crippen LogP contribution is -2.34. The van der Waals surface area contributed by atoms with Gasteiger partial charge in [-0.2, -0.15) is 0 Å². The van der Waals surface area contributed by atoms with Crippen LogP contribution in [0.25, 0.3) is 0 Å². The van der Waals surface area contributed by atoms with Gasteiger partial charge in [0.1, 0.15) is 0 Å². The Hall–Kier alpha value is -1.67. The van der Waals surface area contributed by atoms with Crippen LogP contribution < -0.4 is 5.73 Å². The van der Waals surface area contributed by atoms with E-state index in [2.05, 4.69) is 13.0 Å². The molecule has 1 aliphatic rings. The second-order valence-electron chi connectivity index (χ2n) is 5.39. The van der Waals surface area contributed by atoms with Gasteiger partial charge in [-0.3, -0.25) is 4.79 Å². The number of carbonyl (C=O) groups excluding carboxylic acids is 1. The lowest BCUT2D eigenvalue weighted by Gasteiger charge is -2.19. The van der Waals surface area contributed by atoms with Gasteiger partial charge in [0.2, 0.25) is 0 Å². The van der Waals surface area contributed by atoms with Crippen molar-refractivity contribution >= 4 is 5.78 Å². The summed E-state index contributed by atoms with van der Waals surface area (Å²) in [7, 11) is 0. The summed E-state index contributed by atoms with van der Waals surface area (Å²) in [5.41, 5.74) is 9.13. The zero-order valence-corrected chi connectivity index (χ0v) is 11.6. The molecule has 2 rings (SSSR count). The Morgan fingerprint density at radius 2 is 2.05 bits per heavy atom. The van der Waals surface area contributed by atoms with Gasteiger partial charge in [-0.05, 0) is 31.2 Å². The molecule has 2 heteroatoms. The Balaban J connectivity index is 2.08. The number of hydrogen-bond acceptors (Lipinski definition) is 2. The van der Waals surface area contributed by atoms with Gasteiger partial charge < -0.3 is 5.73 Å². The largest absolute Gasteiger partial charge is 0.321 e. The Kier molecular flexibility index (Phi) is 4.33. The first-order valence-corrected chi connectivity index (χ1v) is 6.79. The third-order valence-corrected chi connectivity index (χ3v) is 3.58. The number of benzene rings is 1. The van der Waals surface area contributed by atoms with E-state index in [1.807, 2.05) is 43.3 Å². The molecule has 100 valence electrons. The quantitative estimate of drug-likeness (QED) is 0.898. The topological polar surface area (TPSA) is 43.1 Å². The maximum Gasteiger partial charge on any atom is 0.179 e. The van der Waals surface area contributed by atoms with Crippen molar-refractivity contribution in [3.05, 3.63) is 59.2 Å². The number of allylic oxidation sites excluding steroid dienone is 3. The highest BCUT2D eigenvalue weighted by Crippen LogP contribution is 2.24. The van der Waals surface area contributed by atoms with Crippen LogP contribution in [0.15, 0.2) is 53.6 Å². The minimum atomic E-state index is -0.453. The van der Waals surface area contributed by atoms with Gasteiger partial charge in [0.05, 0.1) is 6.04 Å². The van der Waals surface area contributed by atoms with Crippen LogP contribution in [0.1, 0.15) is 25.8 Å². The maximum atomic E-state index is 12.4. The molecule has 1 aromatic rings. The first-order chi connectivity index (χ1) is 9.08. The van der Waals surface area contributed by atoms with Crippen LogP contribution in [0.3, 0.4) is 0 Å². The van der Waals surface area contributed by atoms with E-state index in [1.54, 1.807) is 0 Å². The van der Waals surface area contributed by atoms with Crippen LogP contribution in [0.4, 0.5) is 0 Å². The van der Waals surface area contributed by atoms with Crippen molar-refractivity contribution in [2.75, 3.05) is 0 Å². The summed E-state index contributed by atoms with van der Waals surface area (Å²) in [6, 6.07) is 9.47. The average Bonchev–Trinajstić information content (AvgIpc) is 2.39. The van der Waals surface area contributed by atoms with E-state index in [0.29, 0.717) is 12.3 Å². The first kappa shape index (κ1) is 13.8. The van der Waals surface area contributed by atoms with E-state index in [1.165, 1.54) is 0 Å². The Morgan fingerprint density at radius 1 is 1.37 bits per heavy atom. The van der Waals surface area contributed by atoms with Gasteiger partial charge in [0, 0.05) is 5.57 Å².